The van der Waals surface area contributed by atoms with Crippen molar-refractivity contribution in [1.29, 1.82) is 0 Å². The number of aryl methyl sites for hydroxylation is 1. The highest BCUT2D eigenvalue weighted by Crippen LogP contribution is 2.29. The third-order valence-electron chi connectivity index (χ3n) is 2.52. The minimum Gasteiger partial charge on any atom is -0.271 e. The Morgan fingerprint density at radius 1 is 1.41 bits per heavy atom. The van der Waals surface area contributed by atoms with Crippen LogP contribution in [0.15, 0.2) is 22.7 Å². The number of alkyl halides is 3. The molecule has 0 fully saturated rings. The van der Waals surface area contributed by atoms with E-state index in [9.17, 15) is 13.2 Å². The molecule has 0 radical (unpaired) electrons. The van der Waals surface area contributed by atoms with Gasteiger partial charge in [-0.15, -0.1) is 0 Å². The summed E-state index contributed by atoms with van der Waals surface area (Å²) in [5.41, 5.74) is 4.19. The Morgan fingerprint density at radius 2 is 2.06 bits per heavy atom. The van der Waals surface area contributed by atoms with Crippen LogP contribution in [0.1, 0.15) is 30.0 Å². The van der Waals surface area contributed by atoms with Gasteiger partial charge in [0.05, 0.1) is 0 Å². The van der Waals surface area contributed by atoms with E-state index >= 15 is 0 Å². The van der Waals surface area contributed by atoms with Gasteiger partial charge in [0.1, 0.15) is 0 Å². The number of benzene rings is 1. The first-order valence-corrected chi connectivity index (χ1v) is 5.91. The van der Waals surface area contributed by atoms with Crippen molar-refractivity contribution in [3.05, 3.63) is 33.8 Å². The number of halogens is 4. The van der Waals surface area contributed by atoms with Gasteiger partial charge < -0.3 is 0 Å². The Bertz CT molecular complexity index is 379. The van der Waals surface area contributed by atoms with Gasteiger partial charge in [-0.2, -0.15) is 13.2 Å². The van der Waals surface area contributed by atoms with Crippen LogP contribution in [-0.2, 0) is 0 Å². The van der Waals surface area contributed by atoms with Gasteiger partial charge >= 0.3 is 6.18 Å². The Hall–Kier alpha value is -0.590. The molecule has 0 heterocycles. The number of hydrogen-bond acceptors (Lipinski definition) is 2. The van der Waals surface area contributed by atoms with Gasteiger partial charge in [-0.25, -0.2) is 0 Å². The molecule has 1 aromatic rings. The highest BCUT2D eigenvalue weighted by molar-refractivity contribution is 9.10. The van der Waals surface area contributed by atoms with Crippen molar-refractivity contribution >= 4 is 15.9 Å². The molecular weight excluding hydrogens is 297 g/mol. The fraction of sp³-hybridized carbons (Fsp3) is 0.455. The molecule has 3 N–H and O–H groups in total. The first-order valence-electron chi connectivity index (χ1n) is 5.12. The molecule has 0 amide bonds. The molecule has 6 heteroatoms. The molecule has 0 spiro atoms. The van der Waals surface area contributed by atoms with Crippen LogP contribution in [0.2, 0.25) is 0 Å². The summed E-state index contributed by atoms with van der Waals surface area (Å²) in [4.78, 5) is 0. The van der Waals surface area contributed by atoms with Crippen LogP contribution in [0.3, 0.4) is 0 Å². The molecule has 1 unspecified atom stereocenters. The van der Waals surface area contributed by atoms with Crippen LogP contribution in [0.5, 0.6) is 0 Å². The molecule has 96 valence electrons. The zero-order valence-electron chi connectivity index (χ0n) is 9.31. The van der Waals surface area contributed by atoms with E-state index in [4.69, 9.17) is 5.84 Å². The molecule has 1 rings (SSSR count). The maximum absolute atomic E-state index is 12.1. The molecule has 2 nitrogen and oxygen atoms in total. The second-order valence-corrected chi connectivity index (χ2v) is 4.74. The van der Waals surface area contributed by atoms with E-state index in [2.05, 4.69) is 21.4 Å². The first-order chi connectivity index (χ1) is 7.83. The average molecular weight is 311 g/mol. The van der Waals surface area contributed by atoms with Crippen LogP contribution in [0.4, 0.5) is 13.2 Å². The average Bonchev–Trinajstić information content (AvgIpc) is 2.22. The lowest BCUT2D eigenvalue weighted by Gasteiger charge is -2.18. The SMILES string of the molecule is Cc1ccc(C(CCC(F)(F)F)NN)cc1Br. The number of nitrogens with one attached hydrogen (secondary N) is 1. The Balaban J connectivity index is 2.76. The zero-order valence-corrected chi connectivity index (χ0v) is 10.9. The molecule has 0 saturated heterocycles. The van der Waals surface area contributed by atoms with Gasteiger partial charge in [0.2, 0.25) is 0 Å². The van der Waals surface area contributed by atoms with Crippen LogP contribution < -0.4 is 11.3 Å². The van der Waals surface area contributed by atoms with Crippen LogP contribution in [0.25, 0.3) is 0 Å². The summed E-state index contributed by atoms with van der Waals surface area (Å²) in [6.07, 6.45) is -5.08. The van der Waals surface area contributed by atoms with E-state index in [1.165, 1.54) is 0 Å². The van der Waals surface area contributed by atoms with Gasteiger partial charge in [-0.1, -0.05) is 28.1 Å². The normalized spacial score (nSPS) is 13.8. The van der Waals surface area contributed by atoms with Crippen molar-refractivity contribution in [2.45, 2.75) is 32.0 Å². The first kappa shape index (κ1) is 14.5. The smallest absolute Gasteiger partial charge is 0.271 e. The third-order valence-corrected chi connectivity index (χ3v) is 3.37. The van der Waals surface area contributed by atoms with Crippen molar-refractivity contribution in [2.75, 3.05) is 0 Å². The van der Waals surface area contributed by atoms with E-state index in [0.717, 1.165) is 15.6 Å². The second kappa shape index (κ2) is 5.84. The molecule has 0 aliphatic heterocycles. The summed E-state index contributed by atoms with van der Waals surface area (Å²) in [6, 6.07) is 4.92. The van der Waals surface area contributed by atoms with Crippen molar-refractivity contribution in [3.8, 4) is 0 Å². The van der Waals surface area contributed by atoms with Gasteiger partial charge in [0.15, 0.2) is 0 Å². The molecule has 1 aromatic carbocycles. The number of hydrazine groups is 1. The van der Waals surface area contributed by atoms with Crippen molar-refractivity contribution < 1.29 is 13.2 Å². The van der Waals surface area contributed by atoms with Crippen molar-refractivity contribution in [3.63, 3.8) is 0 Å². The van der Waals surface area contributed by atoms with Crippen LogP contribution in [-0.4, -0.2) is 6.18 Å². The third kappa shape index (κ3) is 4.65. The topological polar surface area (TPSA) is 38.0 Å². The maximum atomic E-state index is 12.1. The lowest BCUT2D eigenvalue weighted by molar-refractivity contribution is -0.136. The Morgan fingerprint density at radius 3 is 2.53 bits per heavy atom. The molecule has 17 heavy (non-hydrogen) atoms. The lowest BCUT2D eigenvalue weighted by atomic mass is 10.0. The maximum Gasteiger partial charge on any atom is 0.389 e. The lowest BCUT2D eigenvalue weighted by Crippen LogP contribution is -2.29. The zero-order chi connectivity index (χ0) is 13.1. The van der Waals surface area contributed by atoms with E-state index in [1.807, 2.05) is 13.0 Å². The summed E-state index contributed by atoms with van der Waals surface area (Å²) in [7, 11) is 0. The quantitative estimate of drug-likeness (QED) is 0.658. The minimum atomic E-state index is -4.16. The largest absolute Gasteiger partial charge is 0.389 e. The summed E-state index contributed by atoms with van der Waals surface area (Å²) < 4.78 is 37.3. The van der Waals surface area contributed by atoms with Gasteiger partial charge in [0, 0.05) is 16.9 Å². The molecule has 0 aliphatic carbocycles. The fourth-order valence-electron chi connectivity index (χ4n) is 1.48. The predicted molar refractivity (Wildman–Crippen MR) is 64.2 cm³/mol. The Kier molecular flexibility index (Phi) is 4.97. The molecule has 0 saturated carbocycles. The molecule has 1 atom stereocenters. The number of rotatable bonds is 4. The minimum absolute atomic E-state index is 0.0739. The highest BCUT2D eigenvalue weighted by atomic mass is 79.9. The van der Waals surface area contributed by atoms with E-state index in [0.29, 0.717) is 0 Å². The summed E-state index contributed by atoms with van der Waals surface area (Å²) in [5, 5.41) is 0. The molecule has 0 aromatic heterocycles. The monoisotopic (exact) mass is 310 g/mol. The standard InChI is InChI=1S/C11H14BrF3N2/c1-7-2-3-8(6-9(7)12)10(17-16)4-5-11(13,14)15/h2-3,6,10,17H,4-5,16H2,1H3. The number of nitrogens with two attached hydrogens (primary N) is 1. The molecule has 0 aliphatic rings. The second-order valence-electron chi connectivity index (χ2n) is 3.88. The summed E-state index contributed by atoms with van der Waals surface area (Å²) >= 11 is 3.34. The fourth-order valence-corrected chi connectivity index (χ4v) is 1.88. The van der Waals surface area contributed by atoms with Gasteiger partial charge in [-0.3, -0.25) is 11.3 Å². The van der Waals surface area contributed by atoms with Crippen LogP contribution >= 0.6 is 15.9 Å². The summed E-state index contributed by atoms with van der Waals surface area (Å²) in [5.74, 6) is 5.29. The van der Waals surface area contributed by atoms with E-state index in [-0.39, 0.29) is 6.42 Å². The summed E-state index contributed by atoms with van der Waals surface area (Å²) in [6.45, 7) is 1.91. The Labute approximate surface area is 106 Å². The van der Waals surface area contributed by atoms with Gasteiger partial charge in [-0.05, 0) is 30.5 Å². The predicted octanol–water partition coefficient (Wildman–Crippen LogP) is 3.60. The molecular formula is C11H14BrF3N2. The molecule has 0 bridgehead atoms. The number of hydrogen-bond donors (Lipinski definition) is 2. The highest BCUT2D eigenvalue weighted by Gasteiger charge is 2.28. The van der Waals surface area contributed by atoms with Crippen LogP contribution in [0, 0.1) is 6.92 Å². The van der Waals surface area contributed by atoms with Gasteiger partial charge in [0.25, 0.3) is 0 Å². The van der Waals surface area contributed by atoms with Crippen molar-refractivity contribution in [2.24, 2.45) is 5.84 Å². The van der Waals surface area contributed by atoms with Crippen molar-refractivity contribution in [1.82, 2.24) is 5.43 Å². The van der Waals surface area contributed by atoms with E-state index in [1.54, 1.807) is 12.1 Å². The van der Waals surface area contributed by atoms with E-state index < -0.39 is 18.6 Å².